The van der Waals surface area contributed by atoms with Crippen molar-refractivity contribution in [1.82, 2.24) is 9.54 Å². The molecule has 11 heavy (non-hydrogen) atoms. The molecule has 0 amide bonds. The highest BCUT2D eigenvalue weighted by molar-refractivity contribution is 6.26. The van der Waals surface area contributed by atoms with E-state index in [1.165, 1.54) is 11.2 Å². The van der Waals surface area contributed by atoms with E-state index in [-0.39, 0.29) is 5.57 Å². The first kappa shape index (κ1) is 8.64. The van der Waals surface area contributed by atoms with E-state index in [1.54, 1.807) is 7.05 Å². The highest BCUT2D eigenvalue weighted by atomic mass is 35.5. The lowest BCUT2D eigenvalue weighted by molar-refractivity contribution is -0.132. The van der Waals surface area contributed by atoms with Gasteiger partial charge in [0.05, 0.1) is 5.57 Å². The van der Waals surface area contributed by atoms with Gasteiger partial charge in [0.25, 0.3) is 0 Å². The number of nitrogens with zero attached hydrogens (tertiary/aromatic N) is 2. The third-order valence-corrected chi connectivity index (χ3v) is 2.23. The summed E-state index contributed by atoms with van der Waals surface area (Å²) in [5, 5.41) is 9.95. The van der Waals surface area contributed by atoms with Crippen molar-refractivity contribution in [1.29, 1.82) is 0 Å². The number of hydrogen-bond donors (Lipinski definition) is 1. The SMILES string of the molecule is CN1C(Cl)C(C(=O)O)=CN1Cl. The van der Waals surface area contributed by atoms with Crippen LogP contribution in [-0.4, -0.2) is 33.2 Å². The number of carboxylic acids is 1. The zero-order chi connectivity index (χ0) is 8.59. The molecular formula is C5H6Cl2N2O2. The maximum absolute atomic E-state index is 10.4. The molecule has 0 fully saturated rings. The van der Waals surface area contributed by atoms with E-state index in [1.807, 2.05) is 0 Å². The van der Waals surface area contributed by atoms with Crippen LogP contribution in [-0.2, 0) is 4.79 Å². The van der Waals surface area contributed by atoms with E-state index in [4.69, 9.17) is 28.5 Å². The molecule has 1 heterocycles. The molecular weight excluding hydrogens is 191 g/mol. The Bertz CT molecular complexity index is 219. The summed E-state index contributed by atoms with van der Waals surface area (Å²) < 4.78 is 1.11. The third-order valence-electron chi connectivity index (χ3n) is 1.38. The molecule has 0 aliphatic carbocycles. The first-order valence-corrected chi connectivity index (χ1v) is 3.58. The smallest absolute Gasteiger partial charge is 0.336 e. The van der Waals surface area contributed by atoms with Crippen LogP contribution in [0.1, 0.15) is 0 Å². The van der Waals surface area contributed by atoms with E-state index in [2.05, 4.69) is 0 Å². The highest BCUT2D eigenvalue weighted by Gasteiger charge is 2.31. The third kappa shape index (κ3) is 1.42. The quantitative estimate of drug-likeness (QED) is 0.384. The predicted octanol–water partition coefficient (Wildman–Crippen LogP) is 0.836. The maximum atomic E-state index is 10.4. The van der Waals surface area contributed by atoms with Crippen LogP contribution in [0.5, 0.6) is 0 Å². The fraction of sp³-hybridized carbons (Fsp3) is 0.400. The Kier molecular flexibility index (Phi) is 2.27. The summed E-state index contributed by atoms with van der Waals surface area (Å²) in [6.45, 7) is 0. The first-order chi connectivity index (χ1) is 5.04. The Balaban J connectivity index is 2.83. The molecule has 1 unspecified atom stereocenters. The second kappa shape index (κ2) is 2.89. The molecule has 1 atom stereocenters. The average Bonchev–Trinajstić information content (AvgIpc) is 2.17. The predicted molar refractivity (Wildman–Crippen MR) is 40.8 cm³/mol. The van der Waals surface area contributed by atoms with E-state index < -0.39 is 11.5 Å². The van der Waals surface area contributed by atoms with Crippen molar-refractivity contribution in [3.8, 4) is 0 Å². The van der Waals surface area contributed by atoms with Crippen molar-refractivity contribution in [2.24, 2.45) is 0 Å². The van der Waals surface area contributed by atoms with Crippen LogP contribution in [0.25, 0.3) is 0 Å². The molecule has 0 bridgehead atoms. The normalized spacial score (nSPS) is 25.5. The lowest BCUT2D eigenvalue weighted by Crippen LogP contribution is -2.30. The largest absolute Gasteiger partial charge is 0.478 e. The number of halogens is 2. The van der Waals surface area contributed by atoms with Crippen LogP contribution >= 0.6 is 23.4 Å². The molecule has 1 N–H and O–H groups in total. The Morgan fingerprint density at radius 3 is 2.55 bits per heavy atom. The van der Waals surface area contributed by atoms with Crippen molar-refractivity contribution < 1.29 is 9.90 Å². The molecule has 0 aromatic carbocycles. The molecule has 1 aliphatic rings. The number of alkyl halides is 1. The van der Waals surface area contributed by atoms with Gasteiger partial charge in [0.2, 0.25) is 0 Å². The van der Waals surface area contributed by atoms with Gasteiger partial charge < -0.3 is 5.11 Å². The van der Waals surface area contributed by atoms with Crippen molar-refractivity contribution in [2.75, 3.05) is 7.05 Å². The van der Waals surface area contributed by atoms with E-state index in [9.17, 15) is 4.79 Å². The Hall–Kier alpha value is -0.450. The fourth-order valence-corrected chi connectivity index (χ4v) is 1.20. The average molecular weight is 197 g/mol. The lowest BCUT2D eigenvalue weighted by atomic mass is 10.3. The molecule has 0 spiro atoms. The summed E-state index contributed by atoms with van der Waals surface area (Å²) >= 11 is 11.2. The van der Waals surface area contributed by atoms with E-state index in [0.717, 1.165) is 4.53 Å². The number of likely N-dealkylation sites (N-methyl/N-ethyl adjacent to an activating group) is 1. The zero-order valence-electron chi connectivity index (χ0n) is 5.66. The van der Waals surface area contributed by atoms with Gasteiger partial charge >= 0.3 is 5.97 Å². The maximum Gasteiger partial charge on any atom is 0.336 e. The second-order valence-corrected chi connectivity index (χ2v) is 2.85. The second-order valence-electron chi connectivity index (χ2n) is 2.09. The minimum Gasteiger partial charge on any atom is -0.478 e. The standard InChI is InChI=1S/C5H6Cl2N2O2/c1-8-4(6)3(5(10)11)2-9(8)7/h2,4H,1H3,(H,10,11). The summed E-state index contributed by atoms with van der Waals surface area (Å²) in [5.41, 5.74) is -0.617. The zero-order valence-corrected chi connectivity index (χ0v) is 7.17. The molecule has 0 radical (unpaired) electrons. The van der Waals surface area contributed by atoms with Gasteiger partial charge in [-0.15, -0.1) is 0 Å². The van der Waals surface area contributed by atoms with Gasteiger partial charge in [-0.1, -0.05) is 11.6 Å². The molecule has 1 rings (SSSR count). The van der Waals surface area contributed by atoms with Crippen molar-refractivity contribution >= 4 is 29.3 Å². The molecule has 0 saturated carbocycles. The van der Waals surface area contributed by atoms with Crippen molar-refractivity contribution in [3.63, 3.8) is 0 Å². The van der Waals surface area contributed by atoms with Crippen molar-refractivity contribution in [2.45, 2.75) is 5.50 Å². The van der Waals surface area contributed by atoms with Gasteiger partial charge in [-0.05, 0) is 0 Å². The number of aliphatic carboxylic acids is 1. The van der Waals surface area contributed by atoms with Gasteiger partial charge in [-0.2, -0.15) is 5.01 Å². The van der Waals surface area contributed by atoms with Gasteiger partial charge in [0.15, 0.2) is 0 Å². The molecule has 4 nitrogen and oxygen atoms in total. The summed E-state index contributed by atoms with van der Waals surface area (Å²) in [6, 6.07) is 0. The number of carboxylic acid groups (broad SMARTS) is 1. The van der Waals surface area contributed by atoms with Crippen LogP contribution < -0.4 is 0 Å². The van der Waals surface area contributed by atoms with Gasteiger partial charge in [0, 0.05) is 25.0 Å². The summed E-state index contributed by atoms with van der Waals surface area (Å²) in [4.78, 5) is 10.4. The fourth-order valence-electron chi connectivity index (χ4n) is 0.723. The monoisotopic (exact) mass is 196 g/mol. The summed E-state index contributed by atoms with van der Waals surface area (Å²) in [6.07, 6.45) is 1.27. The van der Waals surface area contributed by atoms with Crippen molar-refractivity contribution in [3.05, 3.63) is 11.8 Å². The summed E-state index contributed by atoms with van der Waals surface area (Å²) in [5.74, 6) is -1.06. The lowest BCUT2D eigenvalue weighted by Gasteiger charge is -2.19. The van der Waals surface area contributed by atoms with E-state index in [0.29, 0.717) is 0 Å². The van der Waals surface area contributed by atoms with Gasteiger partial charge in [-0.3, -0.25) is 0 Å². The molecule has 0 aromatic rings. The van der Waals surface area contributed by atoms with Crippen LogP contribution in [0.4, 0.5) is 0 Å². The Labute approximate surface area is 73.7 Å². The van der Waals surface area contributed by atoms with Crippen LogP contribution in [0.2, 0.25) is 0 Å². The van der Waals surface area contributed by atoms with Crippen LogP contribution in [0.15, 0.2) is 11.8 Å². The van der Waals surface area contributed by atoms with Crippen LogP contribution in [0.3, 0.4) is 0 Å². The topological polar surface area (TPSA) is 43.8 Å². The van der Waals surface area contributed by atoms with E-state index >= 15 is 0 Å². The Morgan fingerprint density at radius 1 is 1.82 bits per heavy atom. The molecule has 0 aromatic heterocycles. The van der Waals surface area contributed by atoms with Crippen LogP contribution in [0, 0.1) is 0 Å². The number of hydrogen-bond acceptors (Lipinski definition) is 3. The number of carbonyl (C=O) groups is 1. The molecule has 6 heteroatoms. The summed E-state index contributed by atoms with van der Waals surface area (Å²) in [7, 11) is 1.59. The minimum absolute atomic E-state index is 0.0733. The molecule has 1 aliphatic heterocycles. The Morgan fingerprint density at radius 2 is 2.36 bits per heavy atom. The van der Waals surface area contributed by atoms with Gasteiger partial charge in [0.1, 0.15) is 5.50 Å². The first-order valence-electron chi connectivity index (χ1n) is 2.81. The molecule has 62 valence electrons. The molecule has 0 saturated heterocycles. The van der Waals surface area contributed by atoms with Gasteiger partial charge in [-0.25, -0.2) is 9.32 Å². The number of rotatable bonds is 1. The minimum atomic E-state index is -1.06. The highest BCUT2D eigenvalue weighted by Crippen LogP contribution is 2.25. The number of hydrazine groups is 1.